The molecule has 0 aromatic heterocycles. The fraction of sp³-hybridized carbons (Fsp3) is 0.625. The molecular weight excluding hydrogens is 300 g/mol. The molecule has 1 heterocycles. The Kier molecular flexibility index (Phi) is 5.43. The molecule has 1 N–H and O–H groups in total. The van der Waals surface area contributed by atoms with Gasteiger partial charge in [-0.3, -0.25) is 4.90 Å². The lowest BCUT2D eigenvalue weighted by molar-refractivity contribution is 0.132. The Balaban J connectivity index is 1.99. The molecule has 0 saturated carbocycles. The molecule has 2 atom stereocenters. The van der Waals surface area contributed by atoms with Gasteiger partial charge >= 0.3 is 0 Å². The van der Waals surface area contributed by atoms with Crippen LogP contribution in [0.4, 0.5) is 0 Å². The van der Waals surface area contributed by atoms with Crippen molar-refractivity contribution >= 4 is 15.9 Å². The van der Waals surface area contributed by atoms with Crippen molar-refractivity contribution in [1.29, 1.82) is 0 Å². The summed E-state index contributed by atoms with van der Waals surface area (Å²) in [6, 6.07) is 6.73. The molecule has 3 heteroatoms. The van der Waals surface area contributed by atoms with E-state index >= 15 is 0 Å². The maximum absolute atomic E-state index is 3.72. The molecule has 0 spiro atoms. The van der Waals surface area contributed by atoms with Crippen LogP contribution in [0.25, 0.3) is 0 Å². The van der Waals surface area contributed by atoms with E-state index in [2.05, 4.69) is 58.2 Å². The summed E-state index contributed by atoms with van der Waals surface area (Å²) in [4.78, 5) is 2.59. The van der Waals surface area contributed by atoms with Gasteiger partial charge in [-0.1, -0.05) is 41.9 Å². The predicted octanol–water partition coefficient (Wildman–Crippen LogP) is 3.65. The zero-order valence-corrected chi connectivity index (χ0v) is 13.8. The van der Waals surface area contributed by atoms with Crippen molar-refractivity contribution in [3.05, 3.63) is 33.8 Å². The smallest absolute Gasteiger partial charge is 0.0245 e. The number of halogens is 1. The van der Waals surface area contributed by atoms with Gasteiger partial charge in [0.15, 0.2) is 0 Å². The van der Waals surface area contributed by atoms with Crippen molar-refractivity contribution in [2.75, 3.05) is 20.1 Å². The topological polar surface area (TPSA) is 15.3 Å². The van der Waals surface area contributed by atoms with Gasteiger partial charge in [-0.15, -0.1) is 0 Å². The highest BCUT2D eigenvalue weighted by Gasteiger charge is 2.22. The average molecular weight is 325 g/mol. The fourth-order valence-electron chi connectivity index (χ4n) is 2.77. The van der Waals surface area contributed by atoms with Crippen LogP contribution >= 0.6 is 15.9 Å². The normalized spacial score (nSPS) is 24.6. The molecular formula is C16H25BrN2. The van der Waals surface area contributed by atoms with Crippen molar-refractivity contribution < 1.29 is 0 Å². The first-order valence-corrected chi connectivity index (χ1v) is 8.03. The molecule has 0 amide bonds. The number of nitrogens with one attached hydrogen (secondary N) is 1. The van der Waals surface area contributed by atoms with Crippen LogP contribution in [0.3, 0.4) is 0 Å². The van der Waals surface area contributed by atoms with Crippen LogP contribution in [0.2, 0.25) is 0 Å². The summed E-state index contributed by atoms with van der Waals surface area (Å²) in [5.74, 6) is 1.69. The first kappa shape index (κ1) is 15.0. The number of hydrogen-bond donors (Lipinski definition) is 1. The van der Waals surface area contributed by atoms with Crippen molar-refractivity contribution in [1.82, 2.24) is 10.2 Å². The van der Waals surface area contributed by atoms with E-state index in [0.717, 1.165) is 24.9 Å². The summed E-state index contributed by atoms with van der Waals surface area (Å²) >= 11 is 3.72. The monoisotopic (exact) mass is 324 g/mol. The Labute approximate surface area is 125 Å². The molecule has 1 aliphatic rings. The molecule has 2 rings (SSSR count). The standard InChI is InChI=1S/C16H25BrN2/c1-12-6-7-19(10-13(12)2)11-15-5-4-14(9-18-3)8-16(15)17/h4-5,8,12-13,18H,6-7,9-11H2,1-3H3. The second-order valence-electron chi connectivity index (χ2n) is 5.93. The van der Waals surface area contributed by atoms with Crippen LogP contribution in [-0.4, -0.2) is 25.0 Å². The van der Waals surface area contributed by atoms with Crippen molar-refractivity contribution in [3.8, 4) is 0 Å². The third-order valence-corrected chi connectivity index (χ3v) is 5.05. The fourth-order valence-corrected chi connectivity index (χ4v) is 3.32. The molecule has 1 fully saturated rings. The molecule has 0 bridgehead atoms. The van der Waals surface area contributed by atoms with Gasteiger partial charge in [-0.25, -0.2) is 0 Å². The molecule has 2 unspecified atom stereocenters. The van der Waals surface area contributed by atoms with E-state index in [0.29, 0.717) is 0 Å². The second-order valence-corrected chi connectivity index (χ2v) is 6.79. The lowest BCUT2D eigenvalue weighted by Crippen LogP contribution is -2.37. The van der Waals surface area contributed by atoms with Gasteiger partial charge in [0.05, 0.1) is 0 Å². The second kappa shape index (κ2) is 6.87. The summed E-state index contributed by atoms with van der Waals surface area (Å²) in [6.07, 6.45) is 1.33. The molecule has 0 radical (unpaired) electrons. The summed E-state index contributed by atoms with van der Waals surface area (Å²) < 4.78 is 1.24. The van der Waals surface area contributed by atoms with E-state index in [1.54, 1.807) is 0 Å². The van der Waals surface area contributed by atoms with Crippen molar-refractivity contribution in [3.63, 3.8) is 0 Å². The quantitative estimate of drug-likeness (QED) is 0.909. The van der Waals surface area contributed by atoms with Gasteiger partial charge in [-0.2, -0.15) is 0 Å². The maximum atomic E-state index is 3.72. The van der Waals surface area contributed by atoms with Gasteiger partial charge < -0.3 is 5.32 Å². The Bertz CT molecular complexity index is 419. The number of nitrogens with zero attached hydrogens (tertiary/aromatic N) is 1. The minimum absolute atomic E-state index is 0.816. The minimum Gasteiger partial charge on any atom is -0.316 e. The predicted molar refractivity (Wildman–Crippen MR) is 85.1 cm³/mol. The van der Waals surface area contributed by atoms with Crippen LogP contribution in [0, 0.1) is 11.8 Å². The highest BCUT2D eigenvalue weighted by Crippen LogP contribution is 2.26. The van der Waals surface area contributed by atoms with Crippen molar-refractivity contribution in [2.45, 2.75) is 33.4 Å². The van der Waals surface area contributed by atoms with Gasteiger partial charge in [-0.05, 0) is 49.0 Å². The van der Waals surface area contributed by atoms with E-state index in [1.807, 2.05) is 7.05 Å². The van der Waals surface area contributed by atoms with Crippen LogP contribution in [0.5, 0.6) is 0 Å². The van der Waals surface area contributed by atoms with E-state index in [-0.39, 0.29) is 0 Å². The van der Waals surface area contributed by atoms with Crippen LogP contribution in [0.1, 0.15) is 31.4 Å². The third kappa shape index (κ3) is 4.04. The zero-order valence-electron chi connectivity index (χ0n) is 12.2. The maximum Gasteiger partial charge on any atom is 0.0245 e. The highest BCUT2D eigenvalue weighted by atomic mass is 79.9. The molecule has 0 aliphatic carbocycles. The SMILES string of the molecule is CNCc1ccc(CN2CCC(C)C(C)C2)c(Br)c1. The molecule has 1 aliphatic heterocycles. The van der Waals surface area contributed by atoms with Gasteiger partial charge in [0.1, 0.15) is 0 Å². The summed E-state index contributed by atoms with van der Waals surface area (Å²) in [5.41, 5.74) is 2.74. The number of benzene rings is 1. The Hall–Kier alpha value is -0.380. The van der Waals surface area contributed by atoms with Crippen LogP contribution < -0.4 is 5.32 Å². The van der Waals surface area contributed by atoms with E-state index in [4.69, 9.17) is 0 Å². The highest BCUT2D eigenvalue weighted by molar-refractivity contribution is 9.10. The van der Waals surface area contributed by atoms with Crippen molar-refractivity contribution in [2.24, 2.45) is 11.8 Å². The molecule has 1 saturated heterocycles. The van der Waals surface area contributed by atoms with Gasteiger partial charge in [0.25, 0.3) is 0 Å². The first-order valence-electron chi connectivity index (χ1n) is 7.24. The molecule has 1 aromatic carbocycles. The third-order valence-electron chi connectivity index (χ3n) is 4.31. The van der Waals surface area contributed by atoms with Crippen LogP contribution in [0.15, 0.2) is 22.7 Å². The lowest BCUT2D eigenvalue weighted by Gasteiger charge is -2.35. The molecule has 1 aromatic rings. The Morgan fingerprint density at radius 2 is 2.11 bits per heavy atom. The van der Waals surface area contributed by atoms with Gasteiger partial charge in [0, 0.05) is 24.1 Å². The zero-order chi connectivity index (χ0) is 13.8. The lowest BCUT2D eigenvalue weighted by atomic mass is 9.88. The number of likely N-dealkylation sites (tertiary alicyclic amines) is 1. The molecule has 106 valence electrons. The average Bonchev–Trinajstić information content (AvgIpc) is 2.37. The first-order chi connectivity index (χ1) is 9.10. The van der Waals surface area contributed by atoms with E-state index in [9.17, 15) is 0 Å². The summed E-state index contributed by atoms with van der Waals surface area (Å²) in [6.45, 7) is 9.21. The largest absolute Gasteiger partial charge is 0.316 e. The Morgan fingerprint density at radius 1 is 1.32 bits per heavy atom. The summed E-state index contributed by atoms with van der Waals surface area (Å²) in [7, 11) is 1.98. The van der Waals surface area contributed by atoms with Gasteiger partial charge in [0.2, 0.25) is 0 Å². The minimum atomic E-state index is 0.816. The Morgan fingerprint density at radius 3 is 2.74 bits per heavy atom. The van der Waals surface area contributed by atoms with E-state index in [1.165, 1.54) is 35.1 Å². The molecule has 2 nitrogen and oxygen atoms in total. The van der Waals surface area contributed by atoms with E-state index < -0.39 is 0 Å². The molecule has 19 heavy (non-hydrogen) atoms. The summed E-state index contributed by atoms with van der Waals surface area (Å²) in [5, 5.41) is 3.19. The number of hydrogen-bond acceptors (Lipinski definition) is 2. The van der Waals surface area contributed by atoms with Crippen LogP contribution in [-0.2, 0) is 13.1 Å². The number of rotatable bonds is 4. The number of piperidine rings is 1.